The number of hydrogen-bond donors (Lipinski definition) is 1. The van der Waals surface area contributed by atoms with E-state index in [-0.39, 0.29) is 17.6 Å². The molecular weight excluding hydrogens is 284 g/mol. The monoisotopic (exact) mass is 308 g/mol. The van der Waals surface area contributed by atoms with Gasteiger partial charge in [-0.25, -0.2) is 0 Å². The molecule has 6 nitrogen and oxygen atoms in total. The van der Waals surface area contributed by atoms with Crippen molar-refractivity contribution in [3.63, 3.8) is 0 Å². The molecule has 1 aliphatic heterocycles. The maximum Gasteiger partial charge on any atom is 0.286 e. The molecule has 0 aliphatic carbocycles. The van der Waals surface area contributed by atoms with Gasteiger partial charge < -0.3 is 19.4 Å². The average Bonchev–Trinajstić information content (AvgIpc) is 2.88. The summed E-state index contributed by atoms with van der Waals surface area (Å²) < 4.78 is 10.3. The first-order valence-corrected chi connectivity index (χ1v) is 7.84. The fourth-order valence-electron chi connectivity index (χ4n) is 2.55. The normalized spacial score (nSPS) is 15.7. The van der Waals surface area contributed by atoms with E-state index in [1.165, 1.54) is 0 Å². The number of rotatable bonds is 7. The van der Waals surface area contributed by atoms with Crippen LogP contribution in [-0.4, -0.2) is 43.5 Å². The van der Waals surface area contributed by atoms with E-state index in [1.807, 2.05) is 4.90 Å². The van der Waals surface area contributed by atoms with Crippen LogP contribution in [0.15, 0.2) is 16.5 Å². The molecule has 0 radical (unpaired) electrons. The molecule has 1 aliphatic rings. The molecule has 1 fully saturated rings. The largest absolute Gasteiger partial charge is 0.453 e. The van der Waals surface area contributed by atoms with Crippen molar-refractivity contribution in [2.24, 2.45) is 0 Å². The summed E-state index contributed by atoms with van der Waals surface area (Å²) in [5, 5.41) is 2.81. The Kier molecular flexibility index (Phi) is 6.45. The quantitative estimate of drug-likeness (QED) is 0.782. The molecular formula is C16H24N2O4. The van der Waals surface area contributed by atoms with Crippen molar-refractivity contribution in [3.8, 4) is 0 Å². The summed E-state index contributed by atoms with van der Waals surface area (Å²) in [5.41, 5.74) is 0. The number of methoxy groups -OCH3 is 1. The zero-order valence-electron chi connectivity index (χ0n) is 13.1. The molecule has 0 aromatic carbocycles. The number of likely N-dealkylation sites (tertiary alicyclic amines) is 1. The van der Waals surface area contributed by atoms with Gasteiger partial charge in [0.2, 0.25) is 5.91 Å². The number of carbonyl (C=O) groups excluding carboxylic acids is 2. The van der Waals surface area contributed by atoms with Crippen LogP contribution >= 0.6 is 0 Å². The summed E-state index contributed by atoms with van der Waals surface area (Å²) in [7, 11) is 1.58. The van der Waals surface area contributed by atoms with E-state index in [2.05, 4.69) is 5.32 Å². The Hall–Kier alpha value is -1.82. The second kappa shape index (κ2) is 8.58. The van der Waals surface area contributed by atoms with Crippen LogP contribution in [0.1, 0.15) is 48.4 Å². The van der Waals surface area contributed by atoms with Crippen molar-refractivity contribution in [2.75, 3.05) is 26.7 Å². The molecule has 0 bridgehead atoms. The van der Waals surface area contributed by atoms with Crippen molar-refractivity contribution in [1.29, 1.82) is 0 Å². The van der Waals surface area contributed by atoms with Crippen LogP contribution in [0.2, 0.25) is 0 Å². The first kappa shape index (κ1) is 16.5. The molecule has 0 saturated carbocycles. The van der Waals surface area contributed by atoms with Gasteiger partial charge in [-0.05, 0) is 31.4 Å². The molecule has 2 heterocycles. The maximum atomic E-state index is 11.9. The lowest BCUT2D eigenvalue weighted by Gasteiger charge is -2.20. The Bertz CT molecular complexity index is 498. The number of furan rings is 1. The van der Waals surface area contributed by atoms with Gasteiger partial charge in [-0.15, -0.1) is 0 Å². The minimum atomic E-state index is -0.232. The van der Waals surface area contributed by atoms with Crippen molar-refractivity contribution in [2.45, 2.75) is 38.7 Å². The van der Waals surface area contributed by atoms with E-state index in [0.29, 0.717) is 31.9 Å². The molecule has 2 amide bonds. The van der Waals surface area contributed by atoms with Crippen LogP contribution in [-0.2, 0) is 16.1 Å². The Morgan fingerprint density at radius 3 is 3.05 bits per heavy atom. The molecule has 122 valence electrons. The number of ether oxygens (including phenoxy) is 1. The van der Waals surface area contributed by atoms with Gasteiger partial charge in [0.15, 0.2) is 5.76 Å². The molecule has 0 atom stereocenters. The highest BCUT2D eigenvalue weighted by molar-refractivity contribution is 5.91. The molecule has 1 aromatic heterocycles. The third kappa shape index (κ3) is 4.87. The molecule has 1 aromatic rings. The highest BCUT2D eigenvalue weighted by atomic mass is 16.5. The standard InChI is InChI=1S/C16H24N2O4/c1-21-12-13-7-8-14(22-13)16(20)17-9-5-11-18-10-4-2-3-6-15(18)19/h7-8H,2-6,9-12H2,1H3,(H,17,20). The van der Waals surface area contributed by atoms with E-state index < -0.39 is 0 Å². The van der Waals surface area contributed by atoms with E-state index in [9.17, 15) is 9.59 Å². The van der Waals surface area contributed by atoms with Crippen molar-refractivity contribution < 1.29 is 18.7 Å². The van der Waals surface area contributed by atoms with Crippen LogP contribution in [0.25, 0.3) is 0 Å². The molecule has 6 heteroatoms. The van der Waals surface area contributed by atoms with Crippen LogP contribution in [0.3, 0.4) is 0 Å². The number of hydrogen-bond acceptors (Lipinski definition) is 4. The molecule has 2 rings (SSSR count). The van der Waals surface area contributed by atoms with E-state index in [4.69, 9.17) is 9.15 Å². The Labute approximate surface area is 130 Å². The number of carbonyl (C=O) groups is 2. The second-order valence-electron chi connectivity index (χ2n) is 5.50. The summed E-state index contributed by atoms with van der Waals surface area (Å²) in [4.78, 5) is 25.7. The molecule has 22 heavy (non-hydrogen) atoms. The van der Waals surface area contributed by atoms with E-state index in [0.717, 1.165) is 32.2 Å². The molecule has 0 spiro atoms. The lowest BCUT2D eigenvalue weighted by molar-refractivity contribution is -0.130. The van der Waals surface area contributed by atoms with Crippen LogP contribution in [0.4, 0.5) is 0 Å². The summed E-state index contributed by atoms with van der Waals surface area (Å²) in [6.45, 7) is 2.42. The van der Waals surface area contributed by atoms with Crippen molar-refractivity contribution in [3.05, 3.63) is 23.7 Å². The highest BCUT2D eigenvalue weighted by Crippen LogP contribution is 2.11. The average molecular weight is 308 g/mol. The summed E-state index contributed by atoms with van der Waals surface area (Å²) in [6, 6.07) is 3.37. The van der Waals surface area contributed by atoms with Gasteiger partial charge in [0.05, 0.1) is 0 Å². The number of amides is 2. The summed E-state index contributed by atoms with van der Waals surface area (Å²) in [6.07, 6.45) is 4.60. The van der Waals surface area contributed by atoms with Crippen molar-refractivity contribution in [1.82, 2.24) is 10.2 Å². The highest BCUT2D eigenvalue weighted by Gasteiger charge is 2.16. The SMILES string of the molecule is COCc1ccc(C(=O)NCCCN2CCCCCC2=O)o1. The van der Waals surface area contributed by atoms with Crippen LogP contribution < -0.4 is 5.32 Å². The van der Waals surface area contributed by atoms with Crippen LogP contribution in [0, 0.1) is 0 Å². The van der Waals surface area contributed by atoms with Gasteiger partial charge in [-0.2, -0.15) is 0 Å². The van der Waals surface area contributed by atoms with Crippen molar-refractivity contribution >= 4 is 11.8 Å². The zero-order chi connectivity index (χ0) is 15.8. The predicted molar refractivity (Wildman–Crippen MR) is 81.4 cm³/mol. The Balaban J connectivity index is 1.68. The first-order valence-electron chi connectivity index (χ1n) is 7.84. The smallest absolute Gasteiger partial charge is 0.286 e. The third-order valence-electron chi connectivity index (χ3n) is 3.73. The number of nitrogens with zero attached hydrogens (tertiary/aromatic N) is 1. The lowest BCUT2D eigenvalue weighted by Crippen LogP contribution is -2.33. The fourth-order valence-corrected chi connectivity index (χ4v) is 2.55. The van der Waals surface area contributed by atoms with E-state index >= 15 is 0 Å². The van der Waals surface area contributed by atoms with Gasteiger partial charge in [-0.1, -0.05) is 6.42 Å². The minimum Gasteiger partial charge on any atom is -0.453 e. The van der Waals surface area contributed by atoms with Crippen LogP contribution in [0.5, 0.6) is 0 Å². The Morgan fingerprint density at radius 2 is 2.23 bits per heavy atom. The zero-order valence-corrected chi connectivity index (χ0v) is 13.1. The van der Waals surface area contributed by atoms with Gasteiger partial charge in [-0.3, -0.25) is 9.59 Å². The van der Waals surface area contributed by atoms with Gasteiger partial charge >= 0.3 is 0 Å². The molecule has 0 unspecified atom stereocenters. The lowest BCUT2D eigenvalue weighted by atomic mass is 10.2. The van der Waals surface area contributed by atoms with Gasteiger partial charge in [0, 0.05) is 33.2 Å². The van der Waals surface area contributed by atoms with Gasteiger partial charge in [0.1, 0.15) is 12.4 Å². The fraction of sp³-hybridized carbons (Fsp3) is 0.625. The summed E-state index contributed by atoms with van der Waals surface area (Å²) >= 11 is 0. The first-order chi connectivity index (χ1) is 10.7. The minimum absolute atomic E-state index is 0.232. The van der Waals surface area contributed by atoms with E-state index in [1.54, 1.807) is 19.2 Å². The third-order valence-corrected chi connectivity index (χ3v) is 3.73. The molecule has 1 N–H and O–H groups in total. The molecule has 1 saturated heterocycles. The topological polar surface area (TPSA) is 71.8 Å². The summed E-state index contributed by atoms with van der Waals surface area (Å²) in [5.74, 6) is 0.921. The second-order valence-corrected chi connectivity index (χ2v) is 5.50. The Morgan fingerprint density at radius 1 is 1.36 bits per heavy atom. The maximum absolute atomic E-state index is 11.9. The van der Waals surface area contributed by atoms with Gasteiger partial charge in [0.25, 0.3) is 5.91 Å². The predicted octanol–water partition coefficient (Wildman–Crippen LogP) is 1.95. The number of nitrogens with one attached hydrogen (secondary N) is 1.